The molecule has 0 amide bonds. The van der Waals surface area contributed by atoms with Gasteiger partial charge in [-0.3, -0.25) is 0 Å². The highest BCUT2D eigenvalue weighted by Crippen LogP contribution is 2.47. The van der Waals surface area contributed by atoms with Gasteiger partial charge in [-0.05, 0) is 48.5 Å². The highest BCUT2D eigenvalue weighted by Gasteiger charge is 2.23. The number of fused-ring (bicyclic) bond motifs is 2. The van der Waals surface area contributed by atoms with Crippen molar-refractivity contribution in [3.05, 3.63) is 79.2 Å². The zero-order chi connectivity index (χ0) is 16.6. The van der Waals surface area contributed by atoms with Crippen LogP contribution in [0.15, 0.2) is 83.6 Å². The Hall–Kier alpha value is -3.60. The van der Waals surface area contributed by atoms with Crippen molar-refractivity contribution in [2.24, 2.45) is 0 Å². The van der Waals surface area contributed by atoms with Gasteiger partial charge in [-0.15, -0.1) is 10.2 Å². The molecule has 3 aromatic carbocycles. The Morgan fingerprint density at radius 1 is 0.760 bits per heavy atom. The topological polar surface area (TPSA) is 54.2 Å². The molecule has 120 valence electrons. The number of hydrogen-bond donors (Lipinski definition) is 1. The van der Waals surface area contributed by atoms with E-state index in [9.17, 15) is 0 Å². The fraction of sp³-hybridized carbons (Fsp3) is 0. The van der Waals surface area contributed by atoms with Gasteiger partial charge in [0, 0.05) is 11.3 Å². The lowest BCUT2D eigenvalue weighted by Crippen LogP contribution is -2.17. The molecule has 0 fully saturated rings. The maximum atomic E-state index is 5.27. The minimum absolute atomic E-state index is 0.521. The van der Waals surface area contributed by atoms with Crippen LogP contribution in [-0.2, 0) is 0 Å². The van der Waals surface area contributed by atoms with Crippen LogP contribution < -0.4 is 10.2 Å². The fourth-order valence-corrected chi connectivity index (χ4v) is 3.15. The average Bonchev–Trinajstić information content (AvgIpc) is 3.21. The Balaban J connectivity index is 1.64. The van der Waals surface area contributed by atoms with Crippen molar-refractivity contribution in [1.82, 2.24) is 10.2 Å². The second-order valence-corrected chi connectivity index (χ2v) is 5.79. The summed E-state index contributed by atoms with van der Waals surface area (Å²) in [5, 5.41) is 11.2. The van der Waals surface area contributed by atoms with Gasteiger partial charge in [0.1, 0.15) is 0 Å². The summed E-state index contributed by atoms with van der Waals surface area (Å²) in [7, 11) is 0. The quantitative estimate of drug-likeness (QED) is 0.479. The monoisotopic (exact) mass is 326 g/mol. The molecule has 4 aromatic rings. The van der Waals surface area contributed by atoms with Crippen molar-refractivity contribution in [3.8, 4) is 11.5 Å². The number of rotatable bonds is 2. The van der Waals surface area contributed by atoms with Gasteiger partial charge < -0.3 is 14.6 Å². The van der Waals surface area contributed by atoms with E-state index in [1.54, 1.807) is 0 Å². The number of anilines is 5. The lowest BCUT2D eigenvalue weighted by molar-refractivity contribution is 0.568. The molecule has 0 saturated heterocycles. The second kappa shape index (κ2) is 5.49. The summed E-state index contributed by atoms with van der Waals surface area (Å²) in [6.45, 7) is 0. The van der Waals surface area contributed by atoms with Gasteiger partial charge in [0.05, 0.1) is 22.7 Å². The smallest absolute Gasteiger partial charge is 0.247 e. The third kappa shape index (κ3) is 2.25. The van der Waals surface area contributed by atoms with Gasteiger partial charge in [0.15, 0.2) is 0 Å². The van der Waals surface area contributed by atoms with E-state index in [1.165, 1.54) is 6.39 Å². The third-order valence-corrected chi connectivity index (χ3v) is 4.29. The number of nitrogens with one attached hydrogen (secondary N) is 1. The normalized spacial score (nSPS) is 12.2. The zero-order valence-electron chi connectivity index (χ0n) is 13.3. The highest BCUT2D eigenvalue weighted by atomic mass is 16.4. The summed E-state index contributed by atoms with van der Waals surface area (Å²) in [5.74, 6) is 0.521. The summed E-state index contributed by atoms with van der Waals surface area (Å²) >= 11 is 0. The van der Waals surface area contributed by atoms with Gasteiger partial charge in [0.25, 0.3) is 0 Å². The van der Waals surface area contributed by atoms with Crippen LogP contribution in [-0.4, -0.2) is 10.2 Å². The van der Waals surface area contributed by atoms with Gasteiger partial charge in [0.2, 0.25) is 12.3 Å². The zero-order valence-corrected chi connectivity index (χ0v) is 13.3. The first-order valence-electron chi connectivity index (χ1n) is 8.02. The van der Waals surface area contributed by atoms with E-state index in [0.29, 0.717) is 5.89 Å². The molecule has 0 bridgehead atoms. The van der Waals surface area contributed by atoms with Crippen LogP contribution in [0.4, 0.5) is 28.4 Å². The molecule has 5 rings (SSSR count). The summed E-state index contributed by atoms with van der Waals surface area (Å²) < 4.78 is 5.27. The average molecular weight is 326 g/mol. The summed E-state index contributed by atoms with van der Waals surface area (Å²) in [6, 6.07) is 24.7. The molecule has 5 nitrogen and oxygen atoms in total. The van der Waals surface area contributed by atoms with Crippen molar-refractivity contribution >= 4 is 28.4 Å². The first-order valence-corrected chi connectivity index (χ1v) is 8.02. The summed E-state index contributed by atoms with van der Waals surface area (Å²) in [4.78, 5) is 2.25. The maximum absolute atomic E-state index is 5.27. The van der Waals surface area contributed by atoms with Crippen molar-refractivity contribution in [2.75, 3.05) is 10.2 Å². The molecule has 1 aliphatic heterocycles. The van der Waals surface area contributed by atoms with E-state index in [2.05, 4.69) is 56.8 Å². The van der Waals surface area contributed by atoms with Crippen molar-refractivity contribution in [3.63, 3.8) is 0 Å². The molecule has 0 aliphatic carbocycles. The van der Waals surface area contributed by atoms with Crippen LogP contribution in [0.3, 0.4) is 0 Å². The molecule has 1 N–H and O–H groups in total. The van der Waals surface area contributed by atoms with E-state index in [0.717, 1.165) is 34.0 Å². The number of hydrogen-bond acceptors (Lipinski definition) is 5. The molecule has 2 heterocycles. The molecule has 0 unspecified atom stereocenters. The summed E-state index contributed by atoms with van der Waals surface area (Å²) in [5.41, 5.74) is 6.38. The number of nitrogens with zero attached hydrogens (tertiary/aromatic N) is 3. The first kappa shape index (κ1) is 13.8. The Labute approximate surface area is 144 Å². The lowest BCUT2D eigenvalue weighted by atomic mass is 10.1. The van der Waals surface area contributed by atoms with Crippen LogP contribution in [0.25, 0.3) is 11.5 Å². The van der Waals surface area contributed by atoms with Crippen molar-refractivity contribution < 1.29 is 4.42 Å². The van der Waals surface area contributed by atoms with Crippen LogP contribution in [0.2, 0.25) is 0 Å². The number of para-hydroxylation sites is 4. The predicted octanol–water partition coefficient (Wildman–Crippen LogP) is 5.26. The van der Waals surface area contributed by atoms with Crippen molar-refractivity contribution in [2.45, 2.75) is 0 Å². The minimum atomic E-state index is 0.521. The molecular formula is C20H14N4O. The Morgan fingerprint density at radius 2 is 1.40 bits per heavy atom. The number of benzene rings is 3. The van der Waals surface area contributed by atoms with Gasteiger partial charge in [-0.1, -0.05) is 24.3 Å². The van der Waals surface area contributed by atoms with E-state index < -0.39 is 0 Å². The Morgan fingerprint density at radius 3 is 2.00 bits per heavy atom. The van der Waals surface area contributed by atoms with E-state index in [-0.39, 0.29) is 0 Å². The molecule has 0 atom stereocenters. The summed E-state index contributed by atoms with van der Waals surface area (Å²) in [6.07, 6.45) is 1.34. The van der Waals surface area contributed by atoms with Crippen LogP contribution in [0, 0.1) is 0 Å². The van der Waals surface area contributed by atoms with Gasteiger partial charge in [-0.2, -0.15) is 0 Å². The first-order chi connectivity index (χ1) is 12.4. The third-order valence-electron chi connectivity index (χ3n) is 4.29. The van der Waals surface area contributed by atoms with E-state index >= 15 is 0 Å². The molecule has 5 heteroatoms. The van der Waals surface area contributed by atoms with Crippen LogP contribution in [0.5, 0.6) is 0 Å². The predicted molar refractivity (Wildman–Crippen MR) is 97.7 cm³/mol. The fourth-order valence-electron chi connectivity index (χ4n) is 3.15. The molecule has 1 aromatic heterocycles. The molecule has 0 saturated carbocycles. The Kier molecular flexibility index (Phi) is 3.03. The van der Waals surface area contributed by atoms with Gasteiger partial charge >= 0.3 is 0 Å². The van der Waals surface area contributed by atoms with Crippen LogP contribution >= 0.6 is 0 Å². The highest BCUT2D eigenvalue weighted by molar-refractivity contribution is 5.96. The van der Waals surface area contributed by atoms with Gasteiger partial charge in [-0.25, -0.2) is 0 Å². The molecular weight excluding hydrogens is 312 g/mol. The van der Waals surface area contributed by atoms with E-state index in [1.807, 2.05) is 36.4 Å². The lowest BCUT2D eigenvalue weighted by Gasteiger charge is -2.33. The van der Waals surface area contributed by atoms with E-state index in [4.69, 9.17) is 4.42 Å². The largest absolute Gasteiger partial charge is 0.423 e. The molecule has 25 heavy (non-hydrogen) atoms. The Bertz CT molecular complexity index is 980. The molecule has 1 aliphatic rings. The molecule has 0 radical (unpaired) electrons. The van der Waals surface area contributed by atoms with Crippen LogP contribution in [0.1, 0.15) is 0 Å². The number of aromatic nitrogens is 2. The standard InChI is InChI=1S/C20H14N4O/c1-3-7-18-16(5-1)22-17-6-2-4-8-19(17)24(18)15-11-9-14(10-12-15)20-23-21-13-25-20/h1-13,22H. The minimum Gasteiger partial charge on any atom is -0.423 e. The van der Waals surface area contributed by atoms with Crippen molar-refractivity contribution in [1.29, 1.82) is 0 Å². The SMILES string of the molecule is c1ccc2c(c1)Nc1ccccc1N2c1ccc(-c2nnco2)cc1. The molecule has 0 spiro atoms. The maximum Gasteiger partial charge on any atom is 0.247 e. The second-order valence-electron chi connectivity index (χ2n) is 5.79.